The van der Waals surface area contributed by atoms with Gasteiger partial charge in [-0.2, -0.15) is 0 Å². The molecule has 1 aromatic carbocycles. The van der Waals surface area contributed by atoms with Gasteiger partial charge in [0.2, 0.25) is 0 Å². The van der Waals surface area contributed by atoms with Crippen molar-refractivity contribution >= 4 is 27.4 Å². The lowest BCUT2D eigenvalue weighted by Crippen LogP contribution is -2.23. The van der Waals surface area contributed by atoms with Gasteiger partial charge in [0, 0.05) is 11.3 Å². The van der Waals surface area contributed by atoms with Gasteiger partial charge in [-0.3, -0.25) is 4.79 Å². The molecule has 0 amide bonds. The summed E-state index contributed by atoms with van der Waals surface area (Å²) in [7, 11) is 0. The van der Waals surface area contributed by atoms with E-state index in [0.29, 0.717) is 11.3 Å². The van der Waals surface area contributed by atoms with E-state index < -0.39 is 4.32 Å². The first-order valence-electron chi connectivity index (χ1n) is 4.00. The van der Waals surface area contributed by atoms with Gasteiger partial charge in [0.1, 0.15) is 0 Å². The topological polar surface area (TPSA) is 43.1 Å². The summed E-state index contributed by atoms with van der Waals surface area (Å²) in [6.45, 7) is 3.65. The van der Waals surface area contributed by atoms with E-state index in [9.17, 15) is 4.79 Å². The van der Waals surface area contributed by atoms with Crippen LogP contribution in [0.2, 0.25) is 0 Å². The van der Waals surface area contributed by atoms with E-state index in [1.165, 1.54) is 0 Å². The van der Waals surface area contributed by atoms with E-state index in [2.05, 4.69) is 15.9 Å². The van der Waals surface area contributed by atoms with Crippen molar-refractivity contribution < 1.29 is 4.79 Å². The van der Waals surface area contributed by atoms with E-state index >= 15 is 0 Å². The summed E-state index contributed by atoms with van der Waals surface area (Å²) in [5.74, 6) is 0.0625. The molecule has 0 aliphatic rings. The number of hydrogen-bond acceptors (Lipinski definition) is 2. The minimum Gasteiger partial charge on any atom is -0.399 e. The van der Waals surface area contributed by atoms with Crippen LogP contribution in [0, 0.1) is 0 Å². The molecule has 0 saturated heterocycles. The highest BCUT2D eigenvalue weighted by Gasteiger charge is 2.24. The molecule has 0 bridgehead atoms. The van der Waals surface area contributed by atoms with E-state index in [0.717, 1.165) is 0 Å². The van der Waals surface area contributed by atoms with Gasteiger partial charge in [-0.05, 0) is 38.1 Å². The van der Waals surface area contributed by atoms with Gasteiger partial charge in [-0.15, -0.1) is 0 Å². The number of benzene rings is 1. The SMILES string of the molecule is CC(C)(Br)C(=O)c1ccc(N)cc1. The molecule has 1 rings (SSSR count). The first kappa shape index (κ1) is 10.3. The molecule has 2 N–H and O–H groups in total. The average Bonchev–Trinajstić information content (AvgIpc) is 2.03. The van der Waals surface area contributed by atoms with Crippen LogP contribution in [0.1, 0.15) is 24.2 Å². The number of ketones is 1. The third-order valence-electron chi connectivity index (χ3n) is 1.71. The molecule has 2 nitrogen and oxygen atoms in total. The van der Waals surface area contributed by atoms with Gasteiger partial charge in [-0.1, -0.05) is 15.9 Å². The largest absolute Gasteiger partial charge is 0.399 e. The third-order valence-corrected chi connectivity index (χ3v) is 2.07. The monoisotopic (exact) mass is 241 g/mol. The lowest BCUT2D eigenvalue weighted by molar-refractivity contribution is 0.0961. The van der Waals surface area contributed by atoms with Crippen molar-refractivity contribution in [1.82, 2.24) is 0 Å². The van der Waals surface area contributed by atoms with Crippen molar-refractivity contribution in [2.75, 3.05) is 5.73 Å². The zero-order chi connectivity index (χ0) is 10.1. The zero-order valence-corrected chi connectivity index (χ0v) is 9.26. The Balaban J connectivity index is 2.97. The van der Waals surface area contributed by atoms with Gasteiger partial charge in [-0.25, -0.2) is 0 Å². The van der Waals surface area contributed by atoms with Crippen LogP contribution in [0.25, 0.3) is 0 Å². The number of rotatable bonds is 2. The van der Waals surface area contributed by atoms with Crippen molar-refractivity contribution in [2.24, 2.45) is 0 Å². The van der Waals surface area contributed by atoms with Crippen molar-refractivity contribution in [3.8, 4) is 0 Å². The van der Waals surface area contributed by atoms with E-state index in [1.54, 1.807) is 24.3 Å². The van der Waals surface area contributed by atoms with Crippen LogP contribution in [0.15, 0.2) is 24.3 Å². The number of nitrogen functional groups attached to an aromatic ring is 1. The maximum absolute atomic E-state index is 11.7. The molecule has 0 aromatic heterocycles. The number of Topliss-reactive ketones (excluding diaryl/α,β-unsaturated/α-hetero) is 1. The average molecular weight is 242 g/mol. The van der Waals surface area contributed by atoms with Gasteiger partial charge in [0.25, 0.3) is 0 Å². The molecule has 1 aromatic rings. The van der Waals surface area contributed by atoms with Crippen molar-refractivity contribution in [1.29, 1.82) is 0 Å². The minimum absolute atomic E-state index is 0.0625. The van der Waals surface area contributed by atoms with Crippen molar-refractivity contribution in [3.05, 3.63) is 29.8 Å². The molecule has 13 heavy (non-hydrogen) atoms. The highest BCUT2D eigenvalue weighted by molar-refractivity contribution is 9.10. The smallest absolute Gasteiger partial charge is 0.178 e. The molecular weight excluding hydrogens is 230 g/mol. The van der Waals surface area contributed by atoms with Crippen molar-refractivity contribution in [2.45, 2.75) is 18.2 Å². The number of hydrogen-bond donors (Lipinski definition) is 1. The number of carbonyl (C=O) groups is 1. The molecule has 3 heteroatoms. The number of nitrogens with two attached hydrogens (primary N) is 1. The lowest BCUT2D eigenvalue weighted by Gasteiger charge is -2.14. The predicted octanol–water partition coefficient (Wildman–Crippen LogP) is 2.62. The van der Waals surface area contributed by atoms with Gasteiger partial charge in [0.15, 0.2) is 5.78 Å². The summed E-state index contributed by atoms with van der Waals surface area (Å²) in [6.07, 6.45) is 0. The molecule has 0 aliphatic carbocycles. The quantitative estimate of drug-likeness (QED) is 0.492. The van der Waals surface area contributed by atoms with E-state index in [-0.39, 0.29) is 5.78 Å². The van der Waals surface area contributed by atoms with Crippen LogP contribution < -0.4 is 5.73 Å². The fraction of sp³-hybridized carbons (Fsp3) is 0.300. The first-order chi connectivity index (χ1) is 5.91. The van der Waals surface area contributed by atoms with Gasteiger partial charge in [0.05, 0.1) is 4.32 Å². The number of anilines is 1. The Bertz CT molecular complexity index is 311. The van der Waals surface area contributed by atoms with Crippen LogP contribution in [-0.4, -0.2) is 10.1 Å². The van der Waals surface area contributed by atoms with Crippen molar-refractivity contribution in [3.63, 3.8) is 0 Å². The second-order valence-corrected chi connectivity index (χ2v) is 5.41. The molecule has 0 heterocycles. The Morgan fingerprint density at radius 1 is 1.31 bits per heavy atom. The second kappa shape index (κ2) is 3.50. The first-order valence-corrected chi connectivity index (χ1v) is 4.80. The van der Waals surface area contributed by atoms with Crippen LogP contribution >= 0.6 is 15.9 Å². The molecule has 0 fully saturated rings. The minimum atomic E-state index is -0.511. The van der Waals surface area contributed by atoms with Crippen LogP contribution in [0.5, 0.6) is 0 Å². The highest BCUT2D eigenvalue weighted by Crippen LogP contribution is 2.22. The molecule has 0 spiro atoms. The Kier molecular flexibility index (Phi) is 2.76. The number of carbonyl (C=O) groups excluding carboxylic acids is 1. The molecule has 0 atom stereocenters. The van der Waals surface area contributed by atoms with Gasteiger partial charge >= 0.3 is 0 Å². The summed E-state index contributed by atoms with van der Waals surface area (Å²) < 4.78 is -0.511. The molecular formula is C10H12BrNO. The Morgan fingerprint density at radius 3 is 2.15 bits per heavy atom. The summed E-state index contributed by atoms with van der Waals surface area (Å²) in [5, 5.41) is 0. The molecule has 0 unspecified atom stereocenters. The second-order valence-electron chi connectivity index (χ2n) is 3.42. The van der Waals surface area contributed by atoms with E-state index in [1.807, 2.05) is 13.8 Å². The fourth-order valence-electron chi connectivity index (χ4n) is 0.978. The fourth-order valence-corrected chi connectivity index (χ4v) is 1.21. The van der Waals surface area contributed by atoms with Crippen LogP contribution in [0.3, 0.4) is 0 Å². The maximum atomic E-state index is 11.7. The highest BCUT2D eigenvalue weighted by atomic mass is 79.9. The van der Waals surface area contributed by atoms with Crippen LogP contribution in [0.4, 0.5) is 5.69 Å². The van der Waals surface area contributed by atoms with E-state index in [4.69, 9.17) is 5.73 Å². The molecule has 0 saturated carbocycles. The van der Waals surface area contributed by atoms with Crippen LogP contribution in [-0.2, 0) is 0 Å². The summed E-state index contributed by atoms with van der Waals surface area (Å²) in [6, 6.07) is 6.93. The zero-order valence-electron chi connectivity index (χ0n) is 7.67. The Hall–Kier alpha value is -0.830. The summed E-state index contributed by atoms with van der Waals surface area (Å²) in [5.41, 5.74) is 6.86. The number of halogens is 1. The Labute approximate surface area is 86.3 Å². The third kappa shape index (κ3) is 2.56. The number of alkyl halides is 1. The molecule has 70 valence electrons. The standard InChI is InChI=1S/C10H12BrNO/c1-10(2,11)9(13)7-3-5-8(12)6-4-7/h3-6H,12H2,1-2H3. The summed E-state index contributed by atoms with van der Waals surface area (Å²) in [4.78, 5) is 11.7. The Morgan fingerprint density at radius 2 is 1.77 bits per heavy atom. The maximum Gasteiger partial charge on any atom is 0.178 e. The predicted molar refractivity (Wildman–Crippen MR) is 58.2 cm³/mol. The lowest BCUT2D eigenvalue weighted by atomic mass is 10.0. The summed E-state index contributed by atoms with van der Waals surface area (Å²) >= 11 is 3.32. The normalized spacial score (nSPS) is 11.3. The molecule has 0 aliphatic heterocycles. The van der Waals surface area contributed by atoms with Gasteiger partial charge < -0.3 is 5.73 Å². The molecule has 0 radical (unpaired) electrons.